The maximum atomic E-state index is 8.92. The van der Waals surface area contributed by atoms with Crippen LogP contribution < -0.4 is 0 Å². The van der Waals surface area contributed by atoms with E-state index in [1.54, 1.807) is 0 Å². The van der Waals surface area contributed by atoms with Crippen LogP contribution in [0.1, 0.15) is 34.1 Å². The Morgan fingerprint density at radius 1 is 1.28 bits per heavy atom. The average molecular weight is 253 g/mol. The highest BCUT2D eigenvalue weighted by Crippen LogP contribution is 2.39. The van der Waals surface area contributed by atoms with Gasteiger partial charge in [0.1, 0.15) is 0 Å². The van der Waals surface area contributed by atoms with Crippen LogP contribution in [0, 0.1) is 0 Å². The molecule has 0 unspecified atom stereocenters. The van der Waals surface area contributed by atoms with Crippen molar-refractivity contribution < 1.29 is 14.4 Å². The molecule has 0 bridgehead atoms. The zero-order valence-electron chi connectivity index (χ0n) is 11.9. The van der Waals surface area contributed by atoms with Crippen molar-refractivity contribution >= 4 is 7.12 Å². The van der Waals surface area contributed by atoms with E-state index in [1.807, 2.05) is 0 Å². The third-order valence-electron chi connectivity index (χ3n) is 4.30. The summed E-state index contributed by atoms with van der Waals surface area (Å²) in [6, 6.07) is 0. The average Bonchev–Trinajstić information content (AvgIpc) is 2.50. The van der Waals surface area contributed by atoms with E-state index in [2.05, 4.69) is 38.7 Å². The molecule has 2 aliphatic heterocycles. The Morgan fingerprint density at radius 3 is 2.33 bits per heavy atom. The van der Waals surface area contributed by atoms with Crippen molar-refractivity contribution in [2.75, 3.05) is 26.2 Å². The zero-order valence-corrected chi connectivity index (χ0v) is 11.9. The number of aliphatic hydroxyl groups excluding tert-OH is 1. The minimum absolute atomic E-state index is 0.203. The topological polar surface area (TPSA) is 41.9 Å². The molecule has 18 heavy (non-hydrogen) atoms. The fraction of sp³-hybridized carbons (Fsp3) is 0.846. The lowest BCUT2D eigenvalue weighted by Crippen LogP contribution is -2.41. The van der Waals surface area contributed by atoms with Crippen molar-refractivity contribution in [2.45, 2.75) is 45.3 Å². The molecule has 1 fully saturated rings. The molecule has 4 nitrogen and oxygen atoms in total. The van der Waals surface area contributed by atoms with Crippen molar-refractivity contribution in [2.24, 2.45) is 0 Å². The summed E-state index contributed by atoms with van der Waals surface area (Å²) in [4.78, 5) is 2.23. The van der Waals surface area contributed by atoms with Crippen molar-refractivity contribution in [1.29, 1.82) is 0 Å². The summed E-state index contributed by atoms with van der Waals surface area (Å²) < 4.78 is 12.1. The summed E-state index contributed by atoms with van der Waals surface area (Å²) in [5, 5.41) is 8.92. The molecule has 0 aromatic rings. The van der Waals surface area contributed by atoms with E-state index >= 15 is 0 Å². The first-order valence-electron chi connectivity index (χ1n) is 6.73. The van der Waals surface area contributed by atoms with E-state index < -0.39 is 0 Å². The summed E-state index contributed by atoms with van der Waals surface area (Å²) >= 11 is 0. The normalized spacial score (nSPS) is 27.4. The highest BCUT2D eigenvalue weighted by atomic mass is 16.7. The van der Waals surface area contributed by atoms with Crippen molar-refractivity contribution in [3.63, 3.8) is 0 Å². The number of nitrogens with zero attached hydrogens (tertiary/aromatic N) is 1. The second-order valence-electron chi connectivity index (χ2n) is 6.14. The monoisotopic (exact) mass is 253 g/mol. The maximum absolute atomic E-state index is 8.92. The Balaban J connectivity index is 1.99. The Morgan fingerprint density at radius 2 is 1.89 bits per heavy atom. The number of aliphatic hydroxyl groups is 1. The van der Waals surface area contributed by atoms with E-state index in [9.17, 15) is 0 Å². The molecule has 2 rings (SSSR count). The number of rotatable bonds is 3. The molecule has 0 aromatic carbocycles. The summed E-state index contributed by atoms with van der Waals surface area (Å²) in [7, 11) is -0.203. The second kappa shape index (κ2) is 4.97. The third-order valence-corrected chi connectivity index (χ3v) is 4.30. The molecule has 0 spiro atoms. The molecule has 0 atom stereocenters. The molecule has 1 N–H and O–H groups in total. The molecule has 0 radical (unpaired) electrons. The Labute approximate surface area is 110 Å². The van der Waals surface area contributed by atoms with Gasteiger partial charge in [0.2, 0.25) is 0 Å². The van der Waals surface area contributed by atoms with Gasteiger partial charge in [-0.3, -0.25) is 4.90 Å². The summed E-state index contributed by atoms with van der Waals surface area (Å²) in [6.07, 6.45) is 3.14. The van der Waals surface area contributed by atoms with Crippen molar-refractivity contribution in [3.8, 4) is 0 Å². The van der Waals surface area contributed by atoms with Crippen LogP contribution in [0.4, 0.5) is 0 Å². The third kappa shape index (κ3) is 2.64. The molecule has 0 aliphatic carbocycles. The zero-order chi connectivity index (χ0) is 13.4. The van der Waals surface area contributed by atoms with Gasteiger partial charge in [0.05, 0.1) is 17.8 Å². The Bertz CT molecular complexity index is 325. The molecule has 5 heteroatoms. The van der Waals surface area contributed by atoms with Gasteiger partial charge < -0.3 is 14.4 Å². The van der Waals surface area contributed by atoms with Crippen LogP contribution in [0.5, 0.6) is 0 Å². The highest BCUT2D eigenvalue weighted by molar-refractivity contribution is 6.54. The lowest BCUT2D eigenvalue weighted by molar-refractivity contribution is 0.00578. The molecule has 2 heterocycles. The van der Waals surface area contributed by atoms with Crippen LogP contribution >= 0.6 is 0 Å². The van der Waals surface area contributed by atoms with Crippen LogP contribution in [0.15, 0.2) is 11.5 Å². The molecule has 0 aromatic heterocycles. The van der Waals surface area contributed by atoms with Gasteiger partial charge in [-0.25, -0.2) is 0 Å². The Kier molecular flexibility index (Phi) is 3.88. The number of hydrogen-bond acceptors (Lipinski definition) is 4. The largest absolute Gasteiger partial charge is 0.490 e. The van der Waals surface area contributed by atoms with Gasteiger partial charge in [-0.2, -0.15) is 0 Å². The first-order chi connectivity index (χ1) is 8.36. The summed E-state index contributed by atoms with van der Waals surface area (Å²) in [5.74, 6) is 0. The van der Waals surface area contributed by atoms with E-state index in [0.29, 0.717) is 0 Å². The minimum Gasteiger partial charge on any atom is -0.400 e. The Hall–Kier alpha value is -0.355. The fourth-order valence-corrected chi connectivity index (χ4v) is 2.28. The van der Waals surface area contributed by atoms with Gasteiger partial charge in [0.25, 0.3) is 0 Å². The van der Waals surface area contributed by atoms with Crippen molar-refractivity contribution in [3.05, 3.63) is 11.5 Å². The van der Waals surface area contributed by atoms with Crippen LogP contribution in [0.2, 0.25) is 0 Å². The lowest BCUT2D eigenvalue weighted by Gasteiger charge is -2.32. The summed E-state index contributed by atoms with van der Waals surface area (Å²) in [5.41, 5.74) is 0.712. The van der Waals surface area contributed by atoms with Crippen LogP contribution in [0.3, 0.4) is 0 Å². The van der Waals surface area contributed by atoms with Gasteiger partial charge >= 0.3 is 7.12 Å². The second-order valence-corrected chi connectivity index (χ2v) is 6.14. The molecule has 2 aliphatic rings. The smallest absolute Gasteiger partial charge is 0.400 e. The van der Waals surface area contributed by atoms with Gasteiger partial charge in [0, 0.05) is 19.6 Å². The van der Waals surface area contributed by atoms with Crippen LogP contribution in [0.25, 0.3) is 0 Å². The standard InChI is InChI=1S/C13H24BNO3/c1-12(2)13(3,4)18-14(17-12)11-5-7-15(8-6-11)9-10-16/h5,16H,6-10H2,1-4H3. The minimum atomic E-state index is -0.263. The molecule has 102 valence electrons. The van der Waals surface area contributed by atoms with Crippen LogP contribution in [-0.2, 0) is 9.31 Å². The first kappa shape index (κ1) is 14.1. The predicted octanol–water partition coefficient (Wildman–Crippen LogP) is 1.24. The van der Waals surface area contributed by atoms with Crippen molar-refractivity contribution in [1.82, 2.24) is 4.90 Å². The van der Waals surface area contributed by atoms with E-state index in [1.165, 1.54) is 5.47 Å². The molecular formula is C13H24BNO3. The summed E-state index contributed by atoms with van der Waals surface area (Å²) in [6.45, 7) is 11.1. The van der Waals surface area contributed by atoms with E-state index in [-0.39, 0.29) is 24.9 Å². The number of β-amino-alcohol motifs (C(OH)–C–C–N with tert-alkyl or cyclic N) is 1. The fourth-order valence-electron chi connectivity index (χ4n) is 2.28. The van der Waals surface area contributed by atoms with Crippen LogP contribution in [-0.4, -0.2) is 54.6 Å². The predicted molar refractivity (Wildman–Crippen MR) is 72.3 cm³/mol. The molecular weight excluding hydrogens is 229 g/mol. The van der Waals surface area contributed by atoms with E-state index in [0.717, 1.165) is 26.1 Å². The SMILES string of the molecule is CC1(C)OB(C2=CCN(CCO)CC2)OC1(C)C. The van der Waals surface area contributed by atoms with E-state index in [4.69, 9.17) is 14.4 Å². The van der Waals surface area contributed by atoms with Gasteiger partial charge in [0.15, 0.2) is 0 Å². The van der Waals surface area contributed by atoms with Gasteiger partial charge in [-0.15, -0.1) is 0 Å². The molecule has 1 saturated heterocycles. The molecule has 0 saturated carbocycles. The molecule has 0 amide bonds. The number of hydrogen-bond donors (Lipinski definition) is 1. The van der Waals surface area contributed by atoms with Gasteiger partial charge in [-0.05, 0) is 39.6 Å². The maximum Gasteiger partial charge on any atom is 0.490 e. The van der Waals surface area contributed by atoms with Gasteiger partial charge in [-0.1, -0.05) is 6.08 Å². The highest BCUT2D eigenvalue weighted by Gasteiger charge is 2.52. The first-order valence-corrected chi connectivity index (χ1v) is 6.73. The lowest BCUT2D eigenvalue weighted by atomic mass is 9.75. The quantitative estimate of drug-likeness (QED) is 0.768.